The van der Waals surface area contributed by atoms with Crippen molar-refractivity contribution in [1.82, 2.24) is 4.57 Å². The Morgan fingerprint density at radius 3 is 2.46 bits per heavy atom. The Labute approximate surface area is 168 Å². The summed E-state index contributed by atoms with van der Waals surface area (Å²) in [5.41, 5.74) is 7.11. The standard InChI is InChI=1S/C25H31NO2/c1-6-8-18(4)25-19(5)26(20-11-9-17(3)10-12-20)24-14-13-22(15-23(24)25)28-16-21(27)7-2/h9-15,21,27H,4,6-8,16H2,1-3,5H3. The Balaban J connectivity index is 2.14. The van der Waals surface area contributed by atoms with Crippen molar-refractivity contribution in [1.29, 1.82) is 0 Å². The number of allylic oxidation sites excluding steroid dienone is 1. The van der Waals surface area contributed by atoms with Crippen molar-refractivity contribution in [3.8, 4) is 11.4 Å². The molecule has 1 heterocycles. The molecule has 1 atom stereocenters. The highest BCUT2D eigenvalue weighted by atomic mass is 16.5. The van der Waals surface area contributed by atoms with Crippen molar-refractivity contribution in [3.63, 3.8) is 0 Å². The monoisotopic (exact) mass is 377 g/mol. The summed E-state index contributed by atoms with van der Waals surface area (Å²) < 4.78 is 8.14. The Morgan fingerprint density at radius 2 is 1.82 bits per heavy atom. The van der Waals surface area contributed by atoms with Crippen LogP contribution >= 0.6 is 0 Å². The van der Waals surface area contributed by atoms with Crippen molar-refractivity contribution >= 4 is 16.5 Å². The van der Waals surface area contributed by atoms with Gasteiger partial charge in [-0.05, 0) is 62.6 Å². The van der Waals surface area contributed by atoms with Crippen LogP contribution in [0.1, 0.15) is 49.9 Å². The number of rotatable bonds is 8. The Hall–Kier alpha value is -2.52. The maximum atomic E-state index is 9.82. The highest BCUT2D eigenvalue weighted by Crippen LogP contribution is 2.36. The first-order valence-corrected chi connectivity index (χ1v) is 10.2. The number of aromatic nitrogens is 1. The van der Waals surface area contributed by atoms with Crippen LogP contribution in [0.15, 0.2) is 49.0 Å². The fourth-order valence-corrected chi connectivity index (χ4v) is 3.70. The van der Waals surface area contributed by atoms with Gasteiger partial charge in [0.25, 0.3) is 0 Å². The van der Waals surface area contributed by atoms with Gasteiger partial charge in [-0.25, -0.2) is 0 Å². The van der Waals surface area contributed by atoms with Crippen LogP contribution in [0.5, 0.6) is 5.75 Å². The zero-order valence-corrected chi connectivity index (χ0v) is 17.5. The molecule has 3 aromatic rings. The number of aryl methyl sites for hydroxylation is 1. The zero-order valence-electron chi connectivity index (χ0n) is 17.5. The van der Waals surface area contributed by atoms with Crippen LogP contribution in [0.3, 0.4) is 0 Å². The number of hydrogen-bond acceptors (Lipinski definition) is 2. The third kappa shape index (κ3) is 4.00. The van der Waals surface area contributed by atoms with Gasteiger partial charge in [0.15, 0.2) is 0 Å². The van der Waals surface area contributed by atoms with Crippen LogP contribution < -0.4 is 4.74 Å². The SMILES string of the molecule is C=C(CCC)c1c(C)n(-c2ccc(C)cc2)c2ccc(OCC(O)CC)cc12. The molecular weight excluding hydrogens is 346 g/mol. The highest BCUT2D eigenvalue weighted by Gasteiger charge is 2.18. The van der Waals surface area contributed by atoms with Gasteiger partial charge in [0.2, 0.25) is 0 Å². The number of benzene rings is 2. The van der Waals surface area contributed by atoms with E-state index in [1.165, 1.54) is 16.8 Å². The van der Waals surface area contributed by atoms with Gasteiger partial charge in [-0.3, -0.25) is 0 Å². The van der Waals surface area contributed by atoms with Crippen LogP contribution in [-0.4, -0.2) is 22.4 Å². The molecule has 0 amide bonds. The average molecular weight is 378 g/mol. The van der Waals surface area contributed by atoms with Gasteiger partial charge in [0, 0.05) is 22.3 Å². The van der Waals surface area contributed by atoms with E-state index in [0.717, 1.165) is 40.8 Å². The molecular formula is C25H31NO2. The fraction of sp³-hybridized carbons (Fsp3) is 0.360. The molecule has 3 rings (SSSR count). The summed E-state index contributed by atoms with van der Waals surface area (Å²) in [4.78, 5) is 0. The van der Waals surface area contributed by atoms with Gasteiger partial charge in [-0.15, -0.1) is 0 Å². The van der Waals surface area contributed by atoms with E-state index >= 15 is 0 Å². The number of nitrogens with zero attached hydrogens (tertiary/aromatic N) is 1. The molecule has 0 saturated carbocycles. The van der Waals surface area contributed by atoms with Crippen molar-refractivity contribution in [2.45, 2.75) is 53.1 Å². The molecule has 3 nitrogen and oxygen atoms in total. The number of aliphatic hydroxyl groups is 1. The van der Waals surface area contributed by atoms with Gasteiger partial charge in [0.05, 0.1) is 11.6 Å². The molecule has 148 valence electrons. The largest absolute Gasteiger partial charge is 0.491 e. The summed E-state index contributed by atoms with van der Waals surface area (Å²) in [6.07, 6.45) is 2.27. The van der Waals surface area contributed by atoms with Gasteiger partial charge < -0.3 is 14.4 Å². The maximum absolute atomic E-state index is 9.82. The summed E-state index contributed by atoms with van der Waals surface area (Å²) in [5, 5.41) is 11.0. The molecule has 28 heavy (non-hydrogen) atoms. The molecule has 0 aliphatic rings. The molecule has 1 N–H and O–H groups in total. The highest BCUT2D eigenvalue weighted by molar-refractivity contribution is 5.96. The molecule has 0 aliphatic carbocycles. The number of aliphatic hydroxyl groups excluding tert-OH is 1. The van der Waals surface area contributed by atoms with Crippen LogP contribution in [0, 0.1) is 13.8 Å². The molecule has 0 radical (unpaired) electrons. The van der Waals surface area contributed by atoms with E-state index in [4.69, 9.17) is 4.74 Å². The lowest BCUT2D eigenvalue weighted by Gasteiger charge is -2.11. The summed E-state index contributed by atoms with van der Waals surface area (Å²) in [6.45, 7) is 13.1. The zero-order chi connectivity index (χ0) is 20.3. The molecule has 0 saturated heterocycles. The number of ether oxygens (including phenoxy) is 1. The maximum Gasteiger partial charge on any atom is 0.120 e. The molecule has 0 bridgehead atoms. The van der Waals surface area contributed by atoms with E-state index in [9.17, 15) is 5.11 Å². The third-order valence-electron chi connectivity index (χ3n) is 5.29. The van der Waals surface area contributed by atoms with E-state index in [1.807, 2.05) is 13.0 Å². The first kappa shape index (κ1) is 20.2. The molecule has 1 aromatic heterocycles. The number of hydrogen-bond donors (Lipinski definition) is 1. The normalized spacial score (nSPS) is 12.3. The first-order chi connectivity index (χ1) is 13.5. The van der Waals surface area contributed by atoms with Crippen LogP contribution in [0.4, 0.5) is 0 Å². The second-order valence-electron chi connectivity index (χ2n) is 7.54. The van der Waals surface area contributed by atoms with Crippen molar-refractivity contribution in [3.05, 3.63) is 65.9 Å². The minimum atomic E-state index is -0.441. The average Bonchev–Trinajstić information content (AvgIpc) is 2.98. The van der Waals surface area contributed by atoms with E-state index in [1.54, 1.807) is 0 Å². The molecule has 0 aliphatic heterocycles. The Kier molecular flexibility index (Phi) is 6.25. The van der Waals surface area contributed by atoms with E-state index in [-0.39, 0.29) is 0 Å². The second-order valence-corrected chi connectivity index (χ2v) is 7.54. The van der Waals surface area contributed by atoms with Crippen molar-refractivity contribution < 1.29 is 9.84 Å². The third-order valence-corrected chi connectivity index (χ3v) is 5.29. The molecule has 1 unspecified atom stereocenters. The second kappa shape index (κ2) is 8.66. The van der Waals surface area contributed by atoms with Gasteiger partial charge in [-0.1, -0.05) is 44.5 Å². The number of fused-ring (bicyclic) bond motifs is 1. The predicted octanol–water partition coefficient (Wildman–Crippen LogP) is 6.21. The van der Waals surface area contributed by atoms with Crippen LogP contribution in [0.25, 0.3) is 22.2 Å². The van der Waals surface area contributed by atoms with Gasteiger partial charge >= 0.3 is 0 Å². The lowest BCUT2D eigenvalue weighted by Crippen LogP contribution is -2.15. The van der Waals surface area contributed by atoms with Gasteiger partial charge in [0.1, 0.15) is 12.4 Å². The topological polar surface area (TPSA) is 34.4 Å². The van der Waals surface area contributed by atoms with Crippen molar-refractivity contribution in [2.24, 2.45) is 0 Å². The molecule has 2 aromatic carbocycles. The smallest absolute Gasteiger partial charge is 0.120 e. The molecule has 0 spiro atoms. The fourth-order valence-electron chi connectivity index (χ4n) is 3.70. The molecule has 3 heteroatoms. The lowest BCUT2D eigenvalue weighted by atomic mass is 10.00. The van der Waals surface area contributed by atoms with Crippen LogP contribution in [0.2, 0.25) is 0 Å². The predicted molar refractivity (Wildman–Crippen MR) is 118 cm³/mol. The Bertz CT molecular complexity index is 966. The minimum absolute atomic E-state index is 0.310. The minimum Gasteiger partial charge on any atom is -0.491 e. The first-order valence-electron chi connectivity index (χ1n) is 10.2. The lowest BCUT2D eigenvalue weighted by molar-refractivity contribution is 0.104. The molecule has 0 fully saturated rings. The van der Waals surface area contributed by atoms with Crippen molar-refractivity contribution in [2.75, 3.05) is 6.61 Å². The summed E-state index contributed by atoms with van der Waals surface area (Å²) in [6, 6.07) is 14.8. The van der Waals surface area contributed by atoms with Crippen LogP contribution in [-0.2, 0) is 0 Å². The van der Waals surface area contributed by atoms with E-state index in [2.05, 4.69) is 68.3 Å². The summed E-state index contributed by atoms with van der Waals surface area (Å²) in [7, 11) is 0. The summed E-state index contributed by atoms with van der Waals surface area (Å²) >= 11 is 0. The van der Waals surface area contributed by atoms with Gasteiger partial charge in [-0.2, -0.15) is 0 Å². The van der Waals surface area contributed by atoms with E-state index in [0.29, 0.717) is 13.0 Å². The van der Waals surface area contributed by atoms with E-state index < -0.39 is 6.10 Å². The Morgan fingerprint density at radius 1 is 1.11 bits per heavy atom. The quantitative estimate of drug-likeness (QED) is 0.506. The summed E-state index contributed by atoms with van der Waals surface area (Å²) in [5.74, 6) is 0.784.